The molecule has 11 aromatic carbocycles. The number of hydrogen-bond donors (Lipinski definition) is 0. The number of nitrogens with zero attached hydrogens (tertiary/aromatic N) is 1. The monoisotopic (exact) mass is 1030 g/mol. The van der Waals surface area contributed by atoms with E-state index < -0.39 is 16.2 Å². The molecule has 370 valence electrons. The molecular formula is C75H47NO2S. The maximum Gasteiger partial charge on any atom is 0.132 e. The first-order chi connectivity index (χ1) is 39.2. The third kappa shape index (κ3) is 5.35. The zero-order chi connectivity index (χ0) is 51.6. The molecule has 3 aliphatic heterocycles. The van der Waals surface area contributed by atoms with Crippen molar-refractivity contribution in [2.75, 3.05) is 4.90 Å². The number of rotatable bonds is 3. The van der Waals surface area contributed by atoms with Gasteiger partial charge < -0.3 is 14.4 Å². The van der Waals surface area contributed by atoms with Gasteiger partial charge in [-0.15, -0.1) is 0 Å². The summed E-state index contributed by atoms with van der Waals surface area (Å²) in [6.45, 7) is 0. The van der Waals surface area contributed by atoms with Gasteiger partial charge in [0.2, 0.25) is 0 Å². The highest BCUT2D eigenvalue weighted by atomic mass is 32.2. The lowest BCUT2D eigenvalue weighted by molar-refractivity contribution is 0.435. The lowest BCUT2D eigenvalue weighted by Crippen LogP contribution is -2.33. The van der Waals surface area contributed by atoms with Gasteiger partial charge in [-0.2, -0.15) is 0 Å². The molecule has 0 saturated heterocycles. The van der Waals surface area contributed by atoms with Crippen molar-refractivity contribution in [2.24, 2.45) is 0 Å². The Morgan fingerprint density at radius 2 is 0.759 bits per heavy atom. The number of para-hydroxylation sites is 4. The molecule has 0 saturated carbocycles. The highest BCUT2D eigenvalue weighted by molar-refractivity contribution is 7.99. The quantitative estimate of drug-likeness (QED) is 0.176. The second-order valence-electron chi connectivity index (χ2n) is 21.9. The Bertz CT molecular complexity index is 4240. The van der Waals surface area contributed by atoms with E-state index in [1.807, 2.05) is 11.8 Å². The number of anilines is 3. The normalized spacial score (nSPS) is 16.4. The van der Waals surface area contributed by atoms with Gasteiger partial charge in [0.15, 0.2) is 0 Å². The molecule has 0 fully saturated rings. The van der Waals surface area contributed by atoms with Crippen LogP contribution in [0.2, 0.25) is 0 Å². The first-order valence-electron chi connectivity index (χ1n) is 27.6. The SMILES string of the molecule is C1=CC2=C(CC1)c1ccc(N(c3cccc4c3-c3ccccc3C43c4ccccc4Oc4ccccc43)c3cccc4c3-c3ccccc3C43c4ccccc4Sc4ccccc43)cc1C21c2ccccc2Oc2ccccc21. The molecule has 11 aromatic rings. The maximum absolute atomic E-state index is 6.88. The van der Waals surface area contributed by atoms with Gasteiger partial charge in [-0.1, -0.05) is 212 Å². The van der Waals surface area contributed by atoms with Gasteiger partial charge in [-0.05, 0) is 140 Å². The highest BCUT2D eigenvalue weighted by Gasteiger charge is 2.56. The van der Waals surface area contributed by atoms with E-state index in [2.05, 4.69) is 266 Å². The molecule has 4 heteroatoms. The van der Waals surface area contributed by atoms with E-state index in [0.717, 1.165) is 64.0 Å². The molecular weight excluding hydrogens is 979 g/mol. The highest BCUT2D eigenvalue weighted by Crippen LogP contribution is 2.69. The third-order valence-corrected chi connectivity index (χ3v) is 19.7. The maximum atomic E-state index is 6.88. The lowest BCUT2D eigenvalue weighted by atomic mass is 9.65. The van der Waals surface area contributed by atoms with E-state index in [9.17, 15) is 0 Å². The molecule has 3 nitrogen and oxygen atoms in total. The van der Waals surface area contributed by atoms with E-state index in [0.29, 0.717) is 0 Å². The topological polar surface area (TPSA) is 21.7 Å². The lowest BCUT2D eigenvalue weighted by Gasteiger charge is -2.41. The number of benzene rings is 11. The van der Waals surface area contributed by atoms with Crippen LogP contribution in [-0.4, -0.2) is 0 Å². The number of ether oxygens (including phenoxy) is 2. The van der Waals surface area contributed by atoms with Crippen molar-refractivity contribution in [2.45, 2.75) is 38.9 Å². The second kappa shape index (κ2) is 15.9. The van der Waals surface area contributed by atoms with E-state index in [1.165, 1.54) is 98.8 Å². The molecule has 3 spiro atoms. The van der Waals surface area contributed by atoms with E-state index >= 15 is 0 Å². The average Bonchev–Trinajstić information content (AvgIpc) is 4.32. The fourth-order valence-electron chi connectivity index (χ4n) is 15.8. The number of hydrogen-bond acceptors (Lipinski definition) is 4. The molecule has 4 aliphatic carbocycles. The second-order valence-corrected chi connectivity index (χ2v) is 23.0. The third-order valence-electron chi connectivity index (χ3n) is 18.5. The molecule has 7 aliphatic rings. The molecule has 0 radical (unpaired) electrons. The molecule has 0 unspecified atom stereocenters. The van der Waals surface area contributed by atoms with Crippen molar-refractivity contribution in [1.29, 1.82) is 0 Å². The van der Waals surface area contributed by atoms with Gasteiger partial charge in [0.1, 0.15) is 23.0 Å². The van der Waals surface area contributed by atoms with Crippen molar-refractivity contribution in [3.63, 3.8) is 0 Å². The molecule has 3 heterocycles. The van der Waals surface area contributed by atoms with Crippen molar-refractivity contribution in [3.8, 4) is 45.3 Å². The Morgan fingerprint density at radius 3 is 1.28 bits per heavy atom. The van der Waals surface area contributed by atoms with Crippen LogP contribution in [0.25, 0.3) is 27.8 Å². The summed E-state index contributed by atoms with van der Waals surface area (Å²) in [6, 6.07) is 93.2. The first kappa shape index (κ1) is 43.7. The number of fused-ring (bicyclic) bond motifs is 26. The van der Waals surface area contributed by atoms with Gasteiger partial charge in [-0.3, -0.25) is 0 Å². The van der Waals surface area contributed by atoms with Crippen LogP contribution in [0.15, 0.2) is 276 Å². The Labute approximate surface area is 463 Å². The largest absolute Gasteiger partial charge is 0.457 e. The summed E-state index contributed by atoms with van der Waals surface area (Å²) in [4.78, 5) is 5.23. The van der Waals surface area contributed by atoms with Crippen LogP contribution in [0.3, 0.4) is 0 Å². The molecule has 0 bridgehead atoms. The summed E-state index contributed by atoms with van der Waals surface area (Å²) in [6.07, 6.45) is 6.78. The minimum absolute atomic E-state index is 0.566. The van der Waals surface area contributed by atoms with Crippen LogP contribution in [0.5, 0.6) is 23.0 Å². The predicted molar refractivity (Wildman–Crippen MR) is 318 cm³/mol. The Kier molecular flexibility index (Phi) is 8.79. The fraction of sp³-hybridized carbons (Fsp3) is 0.0667. The van der Waals surface area contributed by atoms with Gasteiger partial charge in [0, 0.05) is 48.9 Å². The van der Waals surface area contributed by atoms with Gasteiger partial charge >= 0.3 is 0 Å². The van der Waals surface area contributed by atoms with Gasteiger partial charge in [-0.25, -0.2) is 0 Å². The molecule has 0 amide bonds. The van der Waals surface area contributed by atoms with Crippen molar-refractivity contribution >= 4 is 34.4 Å². The molecule has 18 rings (SSSR count). The molecule has 79 heavy (non-hydrogen) atoms. The zero-order valence-electron chi connectivity index (χ0n) is 42.9. The van der Waals surface area contributed by atoms with Crippen LogP contribution < -0.4 is 14.4 Å². The molecule has 0 aromatic heterocycles. The Balaban J connectivity index is 0.979. The van der Waals surface area contributed by atoms with Crippen LogP contribution in [0, 0.1) is 0 Å². The smallest absolute Gasteiger partial charge is 0.132 e. The summed E-state index contributed by atoms with van der Waals surface area (Å²) in [5, 5.41) is 0. The summed E-state index contributed by atoms with van der Waals surface area (Å²) in [5.41, 5.74) is 24.1. The standard InChI is InChI=1S/C75H47NO2S/c1-4-24-51-47(21-1)48-44-43-46(45-62(48)74(51)56-29-9-15-39-67(56)78-68-40-16-10-30-57(68)74)76(63-35-19-33-60-71(63)49-22-2-5-25-52(49)73(60)54-27-7-13-37-65(54)77-66-38-14-8-28-55(66)73)64-36-20-34-61-72(64)50-23-3-6-26-53(50)75(61)58-31-11-17-41-69(58)79-70-42-18-12-32-59(70)75/h2-20,22-45H,1,21H2. The van der Waals surface area contributed by atoms with Crippen LogP contribution >= 0.6 is 11.8 Å². The van der Waals surface area contributed by atoms with Crippen molar-refractivity contribution in [3.05, 3.63) is 333 Å². The zero-order valence-corrected chi connectivity index (χ0v) is 43.7. The van der Waals surface area contributed by atoms with Gasteiger partial charge in [0.25, 0.3) is 0 Å². The fourth-order valence-corrected chi connectivity index (χ4v) is 17.0. The minimum Gasteiger partial charge on any atom is -0.457 e. The molecule has 0 atom stereocenters. The van der Waals surface area contributed by atoms with Crippen LogP contribution in [-0.2, 0) is 16.2 Å². The van der Waals surface area contributed by atoms with Crippen LogP contribution in [0.1, 0.15) is 79.6 Å². The Morgan fingerprint density at radius 1 is 0.342 bits per heavy atom. The molecule has 0 N–H and O–H groups in total. The van der Waals surface area contributed by atoms with E-state index in [1.54, 1.807) is 0 Å². The van der Waals surface area contributed by atoms with E-state index in [4.69, 9.17) is 9.47 Å². The average molecular weight is 1030 g/mol. The van der Waals surface area contributed by atoms with Crippen LogP contribution in [0.4, 0.5) is 17.1 Å². The number of allylic oxidation sites excluding steroid dienone is 4. The summed E-state index contributed by atoms with van der Waals surface area (Å²) >= 11 is 1.89. The van der Waals surface area contributed by atoms with E-state index in [-0.39, 0.29) is 0 Å². The summed E-state index contributed by atoms with van der Waals surface area (Å²) < 4.78 is 13.7. The Hall–Kier alpha value is -9.35. The van der Waals surface area contributed by atoms with Gasteiger partial charge in [0.05, 0.1) is 27.6 Å². The predicted octanol–water partition coefficient (Wildman–Crippen LogP) is 19.0. The van der Waals surface area contributed by atoms with Crippen molar-refractivity contribution < 1.29 is 9.47 Å². The summed E-state index contributed by atoms with van der Waals surface area (Å²) in [5.74, 6) is 3.56. The minimum atomic E-state index is -0.658. The first-order valence-corrected chi connectivity index (χ1v) is 28.4. The van der Waals surface area contributed by atoms with Crippen molar-refractivity contribution in [1.82, 2.24) is 0 Å². The summed E-state index contributed by atoms with van der Waals surface area (Å²) in [7, 11) is 0.